The molecule has 5 heteroatoms. The molecule has 0 spiro atoms. The number of nitrogens with one attached hydrogen (secondary N) is 1. The molecule has 0 fully saturated rings. The van der Waals surface area contributed by atoms with Crippen LogP contribution in [0.5, 0.6) is 5.75 Å². The first-order chi connectivity index (χ1) is 11.3. The van der Waals surface area contributed by atoms with Crippen LogP contribution in [0.25, 0.3) is 0 Å². The average Bonchev–Trinajstić information content (AvgIpc) is 3.09. The zero-order valence-electron chi connectivity index (χ0n) is 12.4. The van der Waals surface area contributed by atoms with Gasteiger partial charge in [-0.2, -0.15) is 0 Å². The summed E-state index contributed by atoms with van der Waals surface area (Å²) in [7, 11) is 0. The van der Waals surface area contributed by atoms with Gasteiger partial charge in [0, 0.05) is 11.9 Å². The number of ether oxygens (including phenoxy) is 1. The summed E-state index contributed by atoms with van der Waals surface area (Å²) < 4.78 is 5.63. The van der Waals surface area contributed by atoms with Gasteiger partial charge in [0.1, 0.15) is 23.1 Å². The molecule has 0 aliphatic rings. The van der Waals surface area contributed by atoms with Gasteiger partial charge in [-0.25, -0.2) is 4.98 Å². The van der Waals surface area contributed by atoms with Crippen molar-refractivity contribution in [3.05, 3.63) is 82.3 Å². The van der Waals surface area contributed by atoms with Gasteiger partial charge in [-0.1, -0.05) is 48.5 Å². The van der Waals surface area contributed by atoms with E-state index in [4.69, 9.17) is 4.74 Å². The molecule has 0 unspecified atom stereocenters. The van der Waals surface area contributed by atoms with Crippen LogP contribution in [0.2, 0.25) is 0 Å². The quantitative estimate of drug-likeness (QED) is 0.753. The average molecular weight is 324 g/mol. The molecule has 1 heterocycles. The molecular weight excluding hydrogens is 308 g/mol. The zero-order valence-corrected chi connectivity index (χ0v) is 13.3. The standard InChI is InChI=1S/C18H16N2O2S/c21-18(19-11-14-7-3-1-4-8-14)16-13-23-17(20-16)12-22-15-9-5-2-6-10-15/h1-10,13H,11-12H2,(H,19,21). The molecule has 3 rings (SSSR count). The van der Waals surface area contributed by atoms with E-state index in [0.717, 1.165) is 16.3 Å². The second kappa shape index (κ2) is 7.56. The first-order valence-electron chi connectivity index (χ1n) is 7.25. The Morgan fingerprint density at radius 1 is 1.04 bits per heavy atom. The first kappa shape index (κ1) is 15.2. The number of para-hydroxylation sites is 1. The second-order valence-corrected chi connectivity index (χ2v) is 5.84. The Morgan fingerprint density at radius 3 is 2.48 bits per heavy atom. The lowest BCUT2D eigenvalue weighted by atomic mass is 10.2. The summed E-state index contributed by atoms with van der Waals surface area (Å²) in [5.41, 5.74) is 1.49. The Bertz CT molecular complexity index is 757. The lowest BCUT2D eigenvalue weighted by Crippen LogP contribution is -2.23. The van der Waals surface area contributed by atoms with Crippen molar-refractivity contribution < 1.29 is 9.53 Å². The van der Waals surface area contributed by atoms with E-state index in [2.05, 4.69) is 10.3 Å². The topological polar surface area (TPSA) is 51.2 Å². The van der Waals surface area contributed by atoms with E-state index in [1.807, 2.05) is 60.7 Å². The Kier molecular flexibility index (Phi) is 5.01. The van der Waals surface area contributed by atoms with Gasteiger partial charge in [-0.05, 0) is 17.7 Å². The normalized spacial score (nSPS) is 10.3. The van der Waals surface area contributed by atoms with Crippen molar-refractivity contribution in [2.75, 3.05) is 0 Å². The molecule has 0 radical (unpaired) electrons. The van der Waals surface area contributed by atoms with Crippen LogP contribution in [0.3, 0.4) is 0 Å². The zero-order chi connectivity index (χ0) is 15.9. The molecule has 0 saturated heterocycles. The van der Waals surface area contributed by atoms with Crippen LogP contribution < -0.4 is 10.1 Å². The van der Waals surface area contributed by atoms with E-state index >= 15 is 0 Å². The minimum Gasteiger partial charge on any atom is -0.486 e. The van der Waals surface area contributed by atoms with E-state index in [-0.39, 0.29) is 5.91 Å². The highest BCUT2D eigenvalue weighted by molar-refractivity contribution is 7.09. The number of hydrogen-bond donors (Lipinski definition) is 1. The third-order valence-corrected chi connectivity index (χ3v) is 4.01. The minimum absolute atomic E-state index is 0.170. The van der Waals surface area contributed by atoms with Gasteiger partial charge in [-0.15, -0.1) is 11.3 Å². The van der Waals surface area contributed by atoms with Gasteiger partial charge >= 0.3 is 0 Å². The minimum atomic E-state index is -0.170. The summed E-state index contributed by atoms with van der Waals surface area (Å²) in [6.45, 7) is 0.855. The molecule has 0 bridgehead atoms. The van der Waals surface area contributed by atoms with Gasteiger partial charge in [0.15, 0.2) is 0 Å². The number of benzene rings is 2. The summed E-state index contributed by atoms with van der Waals surface area (Å²) in [6.07, 6.45) is 0. The molecule has 1 amide bonds. The van der Waals surface area contributed by atoms with Gasteiger partial charge in [-0.3, -0.25) is 4.79 Å². The Hall–Kier alpha value is -2.66. The maximum Gasteiger partial charge on any atom is 0.271 e. The molecule has 4 nitrogen and oxygen atoms in total. The lowest BCUT2D eigenvalue weighted by molar-refractivity contribution is 0.0946. The Balaban J connectivity index is 1.53. The maximum absolute atomic E-state index is 12.1. The van der Waals surface area contributed by atoms with E-state index in [1.54, 1.807) is 5.38 Å². The smallest absolute Gasteiger partial charge is 0.271 e. The summed E-state index contributed by atoms with van der Waals surface area (Å²) in [5.74, 6) is 0.619. The number of carbonyl (C=O) groups excluding carboxylic acids is 1. The number of thiazole rings is 1. The summed E-state index contributed by atoms with van der Waals surface area (Å²) in [5, 5.41) is 5.40. The number of amides is 1. The fraction of sp³-hybridized carbons (Fsp3) is 0.111. The van der Waals surface area contributed by atoms with Crippen molar-refractivity contribution in [2.45, 2.75) is 13.2 Å². The maximum atomic E-state index is 12.1. The highest BCUT2D eigenvalue weighted by Gasteiger charge is 2.10. The third kappa shape index (κ3) is 4.40. The fourth-order valence-electron chi connectivity index (χ4n) is 2.01. The monoisotopic (exact) mass is 324 g/mol. The second-order valence-electron chi connectivity index (χ2n) is 4.90. The van der Waals surface area contributed by atoms with Crippen LogP contribution in [0.1, 0.15) is 21.1 Å². The fourth-order valence-corrected chi connectivity index (χ4v) is 2.70. The van der Waals surface area contributed by atoms with Crippen molar-refractivity contribution >= 4 is 17.2 Å². The number of aromatic nitrogens is 1. The molecule has 0 aliphatic carbocycles. The van der Waals surface area contributed by atoms with Gasteiger partial charge in [0.2, 0.25) is 0 Å². The van der Waals surface area contributed by atoms with Crippen LogP contribution in [-0.2, 0) is 13.2 Å². The number of rotatable bonds is 6. The number of nitrogens with zero attached hydrogens (tertiary/aromatic N) is 1. The van der Waals surface area contributed by atoms with Crippen molar-refractivity contribution in [1.82, 2.24) is 10.3 Å². The van der Waals surface area contributed by atoms with E-state index < -0.39 is 0 Å². The predicted molar refractivity (Wildman–Crippen MR) is 90.5 cm³/mol. The molecule has 1 aromatic heterocycles. The van der Waals surface area contributed by atoms with Crippen LogP contribution in [-0.4, -0.2) is 10.9 Å². The molecule has 23 heavy (non-hydrogen) atoms. The summed E-state index contributed by atoms with van der Waals surface area (Å²) >= 11 is 1.42. The summed E-state index contributed by atoms with van der Waals surface area (Å²) in [4.78, 5) is 16.4. The summed E-state index contributed by atoms with van der Waals surface area (Å²) in [6, 6.07) is 19.3. The van der Waals surface area contributed by atoms with Gasteiger partial charge in [0.05, 0.1) is 0 Å². The third-order valence-electron chi connectivity index (χ3n) is 3.19. The SMILES string of the molecule is O=C(NCc1ccccc1)c1csc(COc2ccccc2)n1. The Morgan fingerprint density at radius 2 is 1.74 bits per heavy atom. The number of hydrogen-bond acceptors (Lipinski definition) is 4. The predicted octanol–water partition coefficient (Wildman–Crippen LogP) is 3.65. The van der Waals surface area contributed by atoms with Crippen LogP contribution in [0, 0.1) is 0 Å². The molecule has 0 aliphatic heterocycles. The number of carbonyl (C=O) groups is 1. The van der Waals surface area contributed by atoms with Crippen LogP contribution >= 0.6 is 11.3 Å². The van der Waals surface area contributed by atoms with Crippen molar-refractivity contribution in [3.63, 3.8) is 0 Å². The molecule has 0 saturated carbocycles. The van der Waals surface area contributed by atoms with Gasteiger partial charge in [0.25, 0.3) is 5.91 Å². The molecule has 1 N–H and O–H groups in total. The largest absolute Gasteiger partial charge is 0.486 e. The highest BCUT2D eigenvalue weighted by atomic mass is 32.1. The van der Waals surface area contributed by atoms with Crippen LogP contribution in [0.15, 0.2) is 66.0 Å². The van der Waals surface area contributed by atoms with Crippen molar-refractivity contribution in [1.29, 1.82) is 0 Å². The Labute approximate surface area is 138 Å². The van der Waals surface area contributed by atoms with E-state index in [0.29, 0.717) is 18.8 Å². The molecule has 116 valence electrons. The molecule has 0 atom stereocenters. The molecule has 3 aromatic rings. The van der Waals surface area contributed by atoms with Crippen molar-refractivity contribution in [3.8, 4) is 5.75 Å². The first-order valence-corrected chi connectivity index (χ1v) is 8.13. The van der Waals surface area contributed by atoms with Crippen LogP contribution in [0.4, 0.5) is 0 Å². The molecular formula is C18H16N2O2S. The van der Waals surface area contributed by atoms with Crippen molar-refractivity contribution in [2.24, 2.45) is 0 Å². The van der Waals surface area contributed by atoms with Gasteiger partial charge < -0.3 is 10.1 Å². The molecule has 2 aromatic carbocycles. The van der Waals surface area contributed by atoms with E-state index in [9.17, 15) is 4.79 Å². The lowest BCUT2D eigenvalue weighted by Gasteiger charge is -2.03. The highest BCUT2D eigenvalue weighted by Crippen LogP contribution is 2.15. The van der Waals surface area contributed by atoms with E-state index in [1.165, 1.54) is 11.3 Å².